The molecule has 2 rings (SSSR count). The van der Waals surface area contributed by atoms with E-state index in [1.807, 2.05) is 24.3 Å². The van der Waals surface area contributed by atoms with Crippen LogP contribution in [0.3, 0.4) is 0 Å². The van der Waals surface area contributed by atoms with Crippen LogP contribution >= 0.6 is 0 Å². The van der Waals surface area contributed by atoms with E-state index in [2.05, 4.69) is 9.97 Å². The minimum Gasteiger partial charge on any atom is -0.496 e. The van der Waals surface area contributed by atoms with E-state index in [1.165, 1.54) is 0 Å². The molecule has 0 aliphatic heterocycles. The van der Waals surface area contributed by atoms with E-state index in [9.17, 15) is 4.79 Å². The molecule has 0 atom stereocenters. The molecule has 0 radical (unpaired) electrons. The Morgan fingerprint density at radius 3 is 2.69 bits per heavy atom. The predicted octanol–water partition coefficient (Wildman–Crippen LogP) is 1.75. The number of methoxy groups -OCH3 is 1. The average molecular weight is 216 g/mol. The summed E-state index contributed by atoms with van der Waals surface area (Å²) in [6, 6.07) is 7.63. The summed E-state index contributed by atoms with van der Waals surface area (Å²) in [4.78, 5) is 17.5. The van der Waals surface area contributed by atoms with Gasteiger partial charge in [-0.3, -0.25) is 0 Å². The Balaban J connectivity index is 2.63. The predicted molar refractivity (Wildman–Crippen MR) is 61.6 cm³/mol. The van der Waals surface area contributed by atoms with Gasteiger partial charge in [0.2, 0.25) is 0 Å². The van der Waals surface area contributed by atoms with Crippen molar-refractivity contribution in [2.24, 2.45) is 0 Å². The highest BCUT2D eigenvalue weighted by Crippen LogP contribution is 2.29. The molecular formula is C12H12N2O2. The number of para-hydroxylation sites is 1. The topological polar surface area (TPSA) is 55.0 Å². The summed E-state index contributed by atoms with van der Waals surface area (Å²) >= 11 is 0. The smallest absolute Gasteiger partial charge is 0.345 e. The van der Waals surface area contributed by atoms with Crippen LogP contribution in [0, 0.1) is 6.92 Å². The van der Waals surface area contributed by atoms with Gasteiger partial charge in [-0.2, -0.15) is 4.98 Å². The Morgan fingerprint density at radius 1 is 1.25 bits per heavy atom. The van der Waals surface area contributed by atoms with Crippen molar-refractivity contribution in [2.45, 2.75) is 6.92 Å². The summed E-state index contributed by atoms with van der Waals surface area (Å²) in [6.07, 6.45) is 1.66. The molecule has 82 valence electrons. The minimum absolute atomic E-state index is 0.337. The first-order chi connectivity index (χ1) is 7.72. The van der Waals surface area contributed by atoms with E-state index in [0.717, 1.165) is 16.9 Å². The number of rotatable bonds is 2. The van der Waals surface area contributed by atoms with E-state index in [0.29, 0.717) is 5.69 Å². The molecule has 0 unspecified atom stereocenters. The number of aromatic amines is 1. The molecule has 1 aromatic carbocycles. The lowest BCUT2D eigenvalue weighted by atomic mass is 10.1. The van der Waals surface area contributed by atoms with Gasteiger partial charge in [0.25, 0.3) is 0 Å². The third kappa shape index (κ3) is 1.82. The summed E-state index contributed by atoms with van der Waals surface area (Å²) in [5.74, 6) is 0.763. The lowest BCUT2D eigenvalue weighted by molar-refractivity contribution is 0.416. The summed E-state index contributed by atoms with van der Waals surface area (Å²) in [7, 11) is 1.62. The van der Waals surface area contributed by atoms with Gasteiger partial charge in [0.1, 0.15) is 5.75 Å². The fourth-order valence-electron chi connectivity index (χ4n) is 1.62. The van der Waals surface area contributed by atoms with Gasteiger partial charge in [0.15, 0.2) is 0 Å². The summed E-state index contributed by atoms with van der Waals surface area (Å²) in [6.45, 7) is 1.80. The monoisotopic (exact) mass is 216 g/mol. The van der Waals surface area contributed by atoms with E-state index in [1.54, 1.807) is 20.2 Å². The molecule has 4 heteroatoms. The number of nitrogens with one attached hydrogen (secondary N) is 1. The minimum atomic E-state index is -0.337. The molecule has 0 bridgehead atoms. The second-order valence-corrected chi connectivity index (χ2v) is 3.40. The Kier molecular flexibility index (Phi) is 2.72. The number of hydrogen-bond acceptors (Lipinski definition) is 3. The highest BCUT2D eigenvalue weighted by atomic mass is 16.5. The fraction of sp³-hybridized carbons (Fsp3) is 0.167. The number of ether oxygens (including phenoxy) is 1. The number of H-pyrrole nitrogens is 1. The molecular weight excluding hydrogens is 204 g/mol. The number of benzene rings is 1. The zero-order chi connectivity index (χ0) is 11.5. The van der Waals surface area contributed by atoms with Gasteiger partial charge >= 0.3 is 5.69 Å². The molecule has 4 nitrogen and oxygen atoms in total. The van der Waals surface area contributed by atoms with Crippen molar-refractivity contribution in [2.75, 3.05) is 7.11 Å². The second-order valence-electron chi connectivity index (χ2n) is 3.40. The van der Waals surface area contributed by atoms with E-state index >= 15 is 0 Å². The third-order valence-corrected chi connectivity index (χ3v) is 2.40. The molecule has 0 saturated heterocycles. The van der Waals surface area contributed by atoms with Crippen LogP contribution in [0.2, 0.25) is 0 Å². The van der Waals surface area contributed by atoms with Crippen LogP contribution in [-0.4, -0.2) is 17.1 Å². The van der Waals surface area contributed by atoms with Crippen molar-refractivity contribution in [1.82, 2.24) is 9.97 Å². The highest BCUT2D eigenvalue weighted by Gasteiger charge is 2.08. The van der Waals surface area contributed by atoms with E-state index in [-0.39, 0.29) is 5.69 Å². The maximum absolute atomic E-state index is 11.0. The van der Waals surface area contributed by atoms with Crippen molar-refractivity contribution >= 4 is 0 Å². The van der Waals surface area contributed by atoms with Gasteiger partial charge in [0, 0.05) is 17.3 Å². The zero-order valence-electron chi connectivity index (χ0n) is 9.15. The molecule has 2 aromatic rings. The standard InChI is InChI=1S/C12H12N2O2/c1-8-10(7-13-12(15)14-8)9-5-3-4-6-11(9)16-2/h3-7H,1-2H3,(H,13,14,15). The van der Waals surface area contributed by atoms with Crippen LogP contribution in [-0.2, 0) is 0 Å². The SMILES string of the molecule is COc1ccccc1-c1c[nH]c(=O)nc1C. The molecule has 1 heterocycles. The Hall–Kier alpha value is -2.10. The lowest BCUT2D eigenvalue weighted by Crippen LogP contribution is -2.11. The molecule has 16 heavy (non-hydrogen) atoms. The van der Waals surface area contributed by atoms with Crippen LogP contribution in [0.5, 0.6) is 5.75 Å². The molecule has 0 spiro atoms. The summed E-state index contributed by atoms with van der Waals surface area (Å²) in [5.41, 5.74) is 2.15. The van der Waals surface area contributed by atoms with E-state index < -0.39 is 0 Å². The van der Waals surface area contributed by atoms with Gasteiger partial charge in [-0.25, -0.2) is 4.79 Å². The molecule has 0 saturated carbocycles. The molecule has 1 N–H and O–H groups in total. The fourth-order valence-corrected chi connectivity index (χ4v) is 1.62. The van der Waals surface area contributed by atoms with Crippen molar-refractivity contribution < 1.29 is 4.74 Å². The van der Waals surface area contributed by atoms with Gasteiger partial charge in [-0.15, -0.1) is 0 Å². The molecule has 0 amide bonds. The van der Waals surface area contributed by atoms with Crippen LogP contribution in [0.25, 0.3) is 11.1 Å². The van der Waals surface area contributed by atoms with Gasteiger partial charge in [-0.05, 0) is 13.0 Å². The van der Waals surface area contributed by atoms with Crippen LogP contribution in [0.4, 0.5) is 0 Å². The molecule has 1 aromatic heterocycles. The van der Waals surface area contributed by atoms with Crippen molar-refractivity contribution in [3.8, 4) is 16.9 Å². The number of aryl methyl sites for hydroxylation is 1. The largest absolute Gasteiger partial charge is 0.496 e. The van der Waals surface area contributed by atoms with Crippen molar-refractivity contribution in [3.05, 3.63) is 46.6 Å². The van der Waals surface area contributed by atoms with Crippen molar-refractivity contribution in [3.63, 3.8) is 0 Å². The maximum atomic E-state index is 11.0. The Labute approximate surface area is 92.9 Å². The van der Waals surface area contributed by atoms with Gasteiger partial charge < -0.3 is 9.72 Å². The Bertz CT molecular complexity index is 561. The first-order valence-corrected chi connectivity index (χ1v) is 4.92. The summed E-state index contributed by atoms with van der Waals surface area (Å²) < 4.78 is 5.27. The first-order valence-electron chi connectivity index (χ1n) is 4.92. The normalized spacial score (nSPS) is 10.1. The molecule has 0 aliphatic rings. The highest BCUT2D eigenvalue weighted by molar-refractivity contribution is 5.71. The zero-order valence-corrected chi connectivity index (χ0v) is 9.15. The number of hydrogen-bond donors (Lipinski definition) is 1. The second kappa shape index (κ2) is 4.18. The molecule has 0 fully saturated rings. The number of nitrogens with zero attached hydrogens (tertiary/aromatic N) is 1. The average Bonchev–Trinajstić information content (AvgIpc) is 2.29. The van der Waals surface area contributed by atoms with Gasteiger partial charge in [-0.1, -0.05) is 18.2 Å². The quantitative estimate of drug-likeness (QED) is 0.832. The van der Waals surface area contributed by atoms with Crippen LogP contribution < -0.4 is 10.4 Å². The lowest BCUT2D eigenvalue weighted by Gasteiger charge is -2.09. The van der Waals surface area contributed by atoms with Gasteiger partial charge in [0.05, 0.1) is 12.8 Å². The third-order valence-electron chi connectivity index (χ3n) is 2.40. The van der Waals surface area contributed by atoms with E-state index in [4.69, 9.17) is 4.74 Å². The number of aromatic nitrogens is 2. The Morgan fingerprint density at radius 2 is 2.00 bits per heavy atom. The molecule has 0 aliphatic carbocycles. The first kappa shape index (κ1) is 10.4. The van der Waals surface area contributed by atoms with Crippen LogP contribution in [0.15, 0.2) is 35.3 Å². The summed E-state index contributed by atoms with van der Waals surface area (Å²) in [5, 5.41) is 0. The maximum Gasteiger partial charge on any atom is 0.345 e. The van der Waals surface area contributed by atoms with Crippen molar-refractivity contribution in [1.29, 1.82) is 0 Å². The van der Waals surface area contributed by atoms with Crippen LogP contribution in [0.1, 0.15) is 5.69 Å².